The van der Waals surface area contributed by atoms with E-state index in [0.29, 0.717) is 31.9 Å². The third-order valence-electron chi connectivity index (χ3n) is 7.96. The van der Waals surface area contributed by atoms with Crippen molar-refractivity contribution in [3.05, 3.63) is 47.3 Å². The van der Waals surface area contributed by atoms with E-state index in [1.807, 2.05) is 15.8 Å². The lowest BCUT2D eigenvalue weighted by atomic mass is 10.0. The quantitative estimate of drug-likeness (QED) is 0.527. The van der Waals surface area contributed by atoms with Crippen molar-refractivity contribution < 1.29 is 28.7 Å². The van der Waals surface area contributed by atoms with Crippen LogP contribution in [0, 0.1) is 0 Å². The molecule has 2 atom stereocenters. The van der Waals surface area contributed by atoms with E-state index in [9.17, 15) is 24.0 Å². The second-order valence-corrected chi connectivity index (χ2v) is 10.4. The van der Waals surface area contributed by atoms with E-state index in [1.165, 1.54) is 0 Å². The molecule has 2 aromatic rings. The van der Waals surface area contributed by atoms with Gasteiger partial charge in [0.15, 0.2) is 0 Å². The maximum atomic E-state index is 13.3. The van der Waals surface area contributed by atoms with Gasteiger partial charge >= 0.3 is 0 Å². The summed E-state index contributed by atoms with van der Waals surface area (Å²) < 4.78 is 7.47. The zero-order valence-corrected chi connectivity index (χ0v) is 21.4. The molecule has 5 amide bonds. The van der Waals surface area contributed by atoms with Gasteiger partial charge in [0.2, 0.25) is 11.8 Å². The minimum Gasteiger partial charge on any atom is -0.380 e. The molecule has 1 aromatic heterocycles. The van der Waals surface area contributed by atoms with Gasteiger partial charge in [-0.25, -0.2) is 0 Å². The van der Waals surface area contributed by atoms with Crippen LogP contribution in [0.2, 0.25) is 0 Å². The van der Waals surface area contributed by atoms with E-state index in [1.54, 1.807) is 24.4 Å². The monoisotopic (exact) mass is 534 g/mol. The lowest BCUT2D eigenvalue weighted by Gasteiger charge is -2.33. The number of ether oxygens (including phenoxy) is 1. The minimum absolute atomic E-state index is 0.0726. The number of hydrogen-bond donors (Lipinski definition) is 2. The molecule has 39 heavy (non-hydrogen) atoms. The molecule has 0 saturated carbocycles. The minimum atomic E-state index is -1.01. The van der Waals surface area contributed by atoms with Gasteiger partial charge in [0, 0.05) is 50.1 Å². The normalized spacial score (nSPS) is 23.8. The van der Waals surface area contributed by atoms with Gasteiger partial charge in [0.05, 0.1) is 23.4 Å². The summed E-state index contributed by atoms with van der Waals surface area (Å²) in [7, 11) is 0. The van der Waals surface area contributed by atoms with E-state index in [0.717, 1.165) is 36.1 Å². The first-order valence-electron chi connectivity index (χ1n) is 13.4. The van der Waals surface area contributed by atoms with Crippen LogP contribution in [0.5, 0.6) is 0 Å². The first-order chi connectivity index (χ1) is 18.9. The van der Waals surface area contributed by atoms with Crippen molar-refractivity contribution in [1.82, 2.24) is 24.9 Å². The molecule has 0 aliphatic carbocycles. The fraction of sp³-hybridized carbons (Fsp3) is 0.481. The molecule has 4 aliphatic rings. The Morgan fingerprint density at radius 3 is 2.64 bits per heavy atom. The number of carbonyl (C=O) groups excluding carboxylic acids is 5. The molecule has 3 saturated heterocycles. The number of amides is 5. The van der Waals surface area contributed by atoms with Gasteiger partial charge in [-0.15, -0.1) is 0 Å². The predicted molar refractivity (Wildman–Crippen MR) is 136 cm³/mol. The molecule has 6 rings (SSSR count). The molecule has 0 spiro atoms. The van der Waals surface area contributed by atoms with Gasteiger partial charge in [-0.3, -0.25) is 38.9 Å². The molecule has 0 bridgehead atoms. The van der Waals surface area contributed by atoms with E-state index in [2.05, 4.69) is 15.7 Å². The third kappa shape index (κ3) is 4.69. The lowest BCUT2D eigenvalue weighted by Crippen LogP contribution is -2.54. The summed E-state index contributed by atoms with van der Waals surface area (Å²) in [6.45, 7) is 2.39. The number of nitrogens with zero attached hydrogens (tertiary/aromatic N) is 4. The van der Waals surface area contributed by atoms with E-state index >= 15 is 0 Å². The highest BCUT2D eigenvalue weighted by atomic mass is 16.5. The summed E-state index contributed by atoms with van der Waals surface area (Å²) in [4.78, 5) is 65.7. The summed E-state index contributed by atoms with van der Waals surface area (Å²) in [5.74, 6) is -2.04. The van der Waals surface area contributed by atoms with Crippen molar-refractivity contribution in [2.75, 3.05) is 25.0 Å². The molecule has 4 aliphatic heterocycles. The average Bonchev–Trinajstić information content (AvgIpc) is 3.69. The van der Waals surface area contributed by atoms with Crippen LogP contribution in [0.25, 0.3) is 0 Å². The fourth-order valence-corrected chi connectivity index (χ4v) is 5.85. The van der Waals surface area contributed by atoms with Gasteiger partial charge in [0.1, 0.15) is 12.1 Å². The maximum Gasteiger partial charge on any atom is 0.264 e. The summed E-state index contributed by atoms with van der Waals surface area (Å²) in [5.41, 5.74) is 1.86. The number of piperidine rings is 2. The number of aromatic nitrogens is 2. The van der Waals surface area contributed by atoms with Gasteiger partial charge < -0.3 is 15.0 Å². The Bertz CT molecular complexity index is 1340. The Kier molecular flexibility index (Phi) is 6.63. The number of anilines is 1. The van der Waals surface area contributed by atoms with Crippen molar-refractivity contribution in [3.8, 4) is 0 Å². The smallest absolute Gasteiger partial charge is 0.264 e. The number of hydrogen-bond acceptors (Lipinski definition) is 8. The van der Waals surface area contributed by atoms with Crippen molar-refractivity contribution in [2.24, 2.45) is 0 Å². The largest absolute Gasteiger partial charge is 0.380 e. The maximum absolute atomic E-state index is 13.3. The van der Waals surface area contributed by atoms with Gasteiger partial charge in [-0.1, -0.05) is 6.07 Å². The van der Waals surface area contributed by atoms with E-state index in [-0.39, 0.29) is 42.0 Å². The molecule has 12 heteroatoms. The standard InChI is InChI=1S/C27H30N6O6/c34-22-7-6-20(24(35)30-22)33-25(36)18-3-1-4-19(23(18)27(33)38)28-13-16-14-29-32(15-16)17-8-10-31(11-9-17)26(37)21-5-2-12-39-21/h1,3-4,14-15,17,20-21,28H,2,5-13H2,(H,30,34,35)/t20?,21-/m0/s1. The van der Waals surface area contributed by atoms with Gasteiger partial charge in [-0.2, -0.15) is 5.10 Å². The Morgan fingerprint density at radius 1 is 1.08 bits per heavy atom. The third-order valence-corrected chi connectivity index (χ3v) is 7.96. The lowest BCUT2D eigenvalue weighted by molar-refractivity contribution is -0.142. The van der Waals surface area contributed by atoms with E-state index < -0.39 is 29.7 Å². The highest BCUT2D eigenvalue weighted by Crippen LogP contribution is 2.33. The number of fused-ring (bicyclic) bond motifs is 1. The SMILES string of the molecule is O=C1CCC(N2C(=O)c3cccc(NCc4cnn(C5CCN(C(=O)[C@@H]6CCCO6)CC5)c4)c3C2=O)C(=O)N1. The molecule has 204 valence electrons. The highest BCUT2D eigenvalue weighted by Gasteiger charge is 2.45. The second-order valence-electron chi connectivity index (χ2n) is 10.4. The average molecular weight is 535 g/mol. The van der Waals surface area contributed by atoms with Crippen molar-refractivity contribution in [3.63, 3.8) is 0 Å². The molecule has 3 fully saturated rings. The predicted octanol–water partition coefficient (Wildman–Crippen LogP) is 1.24. The van der Waals surface area contributed by atoms with E-state index in [4.69, 9.17) is 4.74 Å². The number of carbonyl (C=O) groups is 5. The summed E-state index contributed by atoms with van der Waals surface area (Å²) in [6, 6.07) is 4.17. The van der Waals surface area contributed by atoms with Gasteiger partial charge in [0.25, 0.3) is 17.7 Å². The van der Waals surface area contributed by atoms with Crippen LogP contribution < -0.4 is 10.6 Å². The molecule has 1 aromatic carbocycles. The van der Waals surface area contributed by atoms with Crippen LogP contribution in [0.4, 0.5) is 5.69 Å². The fourth-order valence-electron chi connectivity index (χ4n) is 5.85. The van der Waals surface area contributed by atoms with Crippen LogP contribution in [-0.2, 0) is 25.7 Å². The Hall–Kier alpha value is -4.06. The summed E-state index contributed by atoms with van der Waals surface area (Å²) >= 11 is 0. The molecule has 5 heterocycles. The molecule has 0 radical (unpaired) electrons. The first-order valence-corrected chi connectivity index (χ1v) is 13.4. The molecular formula is C27H30N6O6. The summed E-state index contributed by atoms with van der Waals surface area (Å²) in [5, 5.41) is 9.99. The van der Waals surface area contributed by atoms with Gasteiger partial charge in [-0.05, 0) is 44.2 Å². The van der Waals surface area contributed by atoms with Crippen molar-refractivity contribution in [1.29, 1.82) is 0 Å². The number of benzene rings is 1. The first kappa shape index (κ1) is 25.2. The zero-order chi connectivity index (χ0) is 27.1. The number of rotatable bonds is 6. The van der Waals surface area contributed by atoms with Crippen LogP contribution in [0.1, 0.15) is 70.8 Å². The van der Waals surface area contributed by atoms with Crippen molar-refractivity contribution >= 4 is 35.2 Å². The number of likely N-dealkylation sites (tertiary alicyclic amines) is 1. The summed E-state index contributed by atoms with van der Waals surface area (Å²) in [6.07, 6.45) is 6.98. The molecular weight excluding hydrogens is 504 g/mol. The van der Waals surface area contributed by atoms with Crippen LogP contribution in [0.15, 0.2) is 30.6 Å². The Morgan fingerprint density at radius 2 is 1.90 bits per heavy atom. The second kappa shape index (κ2) is 10.3. The zero-order valence-electron chi connectivity index (χ0n) is 21.4. The Labute approximate surface area is 224 Å². The molecule has 1 unspecified atom stereocenters. The van der Waals surface area contributed by atoms with Crippen LogP contribution in [0.3, 0.4) is 0 Å². The molecule has 12 nitrogen and oxygen atoms in total. The highest BCUT2D eigenvalue weighted by molar-refractivity contribution is 6.25. The number of imide groups is 2. The topological polar surface area (TPSA) is 143 Å². The Balaban J connectivity index is 1.09. The number of nitrogens with one attached hydrogen (secondary N) is 2. The van der Waals surface area contributed by atoms with Crippen LogP contribution in [-0.4, -0.2) is 81.0 Å². The van der Waals surface area contributed by atoms with Crippen molar-refractivity contribution in [2.45, 2.75) is 63.3 Å². The molecule has 2 N–H and O–H groups in total. The van der Waals surface area contributed by atoms with Crippen LogP contribution >= 0.6 is 0 Å².